The summed E-state index contributed by atoms with van der Waals surface area (Å²) < 4.78 is 10.6. The SMILES string of the molecule is Cc1cccc(O)c1O[P+](O)([S-])Oc1c(C)cccc1O. The summed E-state index contributed by atoms with van der Waals surface area (Å²) in [4.78, 5) is 10.2. The van der Waals surface area contributed by atoms with Crippen molar-refractivity contribution in [2.45, 2.75) is 13.8 Å². The average Bonchev–Trinajstić information content (AvgIpc) is 2.39. The second-order valence-corrected chi connectivity index (χ2v) is 7.18. The summed E-state index contributed by atoms with van der Waals surface area (Å²) in [6.07, 6.45) is 0. The lowest BCUT2D eigenvalue weighted by atomic mass is 10.2. The van der Waals surface area contributed by atoms with Crippen molar-refractivity contribution in [3.8, 4) is 23.0 Å². The fourth-order valence-electron chi connectivity index (χ4n) is 1.76. The number of phenols is 2. The zero-order valence-corrected chi connectivity index (χ0v) is 13.2. The van der Waals surface area contributed by atoms with E-state index in [1.54, 1.807) is 38.1 Å². The van der Waals surface area contributed by atoms with Crippen molar-refractivity contribution >= 4 is 19.4 Å². The first-order chi connectivity index (χ1) is 9.80. The number of para-hydroxylation sites is 2. The summed E-state index contributed by atoms with van der Waals surface area (Å²) in [6, 6.07) is 9.54. The van der Waals surface area contributed by atoms with Gasteiger partial charge in [0.15, 0.2) is 11.5 Å². The van der Waals surface area contributed by atoms with Crippen LogP contribution in [-0.2, 0) is 12.2 Å². The monoisotopic (exact) mass is 326 g/mol. The molecule has 5 nitrogen and oxygen atoms in total. The van der Waals surface area contributed by atoms with E-state index >= 15 is 0 Å². The Bertz CT molecular complexity index is 564. The van der Waals surface area contributed by atoms with Crippen LogP contribution < -0.4 is 9.05 Å². The average molecular weight is 326 g/mol. The smallest absolute Gasteiger partial charge is 0.379 e. The van der Waals surface area contributed by atoms with Crippen molar-refractivity contribution in [3.63, 3.8) is 0 Å². The second-order valence-electron chi connectivity index (χ2n) is 4.50. The Morgan fingerprint density at radius 2 is 1.24 bits per heavy atom. The van der Waals surface area contributed by atoms with Crippen LogP contribution in [-0.4, -0.2) is 15.1 Å². The van der Waals surface area contributed by atoms with Crippen molar-refractivity contribution in [2.75, 3.05) is 0 Å². The van der Waals surface area contributed by atoms with Crippen LogP contribution in [0.2, 0.25) is 0 Å². The van der Waals surface area contributed by atoms with E-state index in [2.05, 4.69) is 0 Å². The molecular formula is C14H15O5PS. The maximum atomic E-state index is 10.2. The highest BCUT2D eigenvalue weighted by Crippen LogP contribution is 2.57. The van der Waals surface area contributed by atoms with Crippen molar-refractivity contribution in [2.24, 2.45) is 0 Å². The molecule has 0 bridgehead atoms. The number of aryl methyl sites for hydroxylation is 2. The highest BCUT2D eigenvalue weighted by Gasteiger charge is 2.31. The fraction of sp³-hybridized carbons (Fsp3) is 0.143. The van der Waals surface area contributed by atoms with Crippen LogP contribution in [0.25, 0.3) is 0 Å². The van der Waals surface area contributed by atoms with Gasteiger partial charge in [0.25, 0.3) is 0 Å². The van der Waals surface area contributed by atoms with Gasteiger partial charge in [-0.3, -0.25) is 9.05 Å². The number of rotatable bonds is 4. The summed E-state index contributed by atoms with van der Waals surface area (Å²) in [6.45, 7) is 3.41. The molecule has 0 radical (unpaired) electrons. The molecular weight excluding hydrogens is 311 g/mol. The molecule has 0 saturated heterocycles. The summed E-state index contributed by atoms with van der Waals surface area (Å²) in [5.41, 5.74) is 1.21. The number of aromatic hydroxyl groups is 2. The van der Waals surface area contributed by atoms with Gasteiger partial charge in [0, 0.05) is 11.1 Å². The Morgan fingerprint density at radius 1 is 0.857 bits per heavy atom. The van der Waals surface area contributed by atoms with Crippen LogP contribution in [0.4, 0.5) is 0 Å². The second kappa shape index (κ2) is 6.02. The van der Waals surface area contributed by atoms with E-state index in [1.165, 1.54) is 12.1 Å². The van der Waals surface area contributed by atoms with Crippen LogP contribution >= 0.6 is 7.15 Å². The van der Waals surface area contributed by atoms with Crippen LogP contribution in [0, 0.1) is 13.8 Å². The molecule has 2 rings (SSSR count). The molecule has 0 unspecified atom stereocenters. The Labute approximate surface area is 128 Å². The minimum Gasteiger partial charge on any atom is -0.504 e. The predicted molar refractivity (Wildman–Crippen MR) is 83.4 cm³/mol. The van der Waals surface area contributed by atoms with Gasteiger partial charge in [-0.2, -0.15) is 4.89 Å². The van der Waals surface area contributed by atoms with Crippen LogP contribution in [0.3, 0.4) is 0 Å². The molecule has 0 saturated carbocycles. The largest absolute Gasteiger partial charge is 0.504 e. The zero-order valence-electron chi connectivity index (χ0n) is 11.5. The Morgan fingerprint density at radius 3 is 1.57 bits per heavy atom. The maximum absolute atomic E-state index is 10.2. The third-order valence-electron chi connectivity index (χ3n) is 2.80. The Balaban J connectivity index is 2.27. The minimum absolute atomic E-state index is 0.0661. The molecule has 0 aliphatic rings. The molecule has 7 heteroatoms. The van der Waals surface area contributed by atoms with E-state index in [9.17, 15) is 15.1 Å². The van der Waals surface area contributed by atoms with Gasteiger partial charge in [0.2, 0.25) is 11.5 Å². The van der Waals surface area contributed by atoms with Gasteiger partial charge >= 0.3 is 7.15 Å². The highest BCUT2D eigenvalue weighted by molar-refractivity contribution is 8.35. The van der Waals surface area contributed by atoms with Gasteiger partial charge in [-0.05, 0) is 26.0 Å². The van der Waals surface area contributed by atoms with E-state index < -0.39 is 7.15 Å². The highest BCUT2D eigenvalue weighted by atomic mass is 32.7. The normalized spacial score (nSPS) is 11.2. The Hall–Kier alpha value is -1.62. The van der Waals surface area contributed by atoms with Crippen LogP contribution in [0.15, 0.2) is 36.4 Å². The molecule has 3 N–H and O–H groups in total. The quantitative estimate of drug-likeness (QED) is 0.590. The van der Waals surface area contributed by atoms with Gasteiger partial charge in [-0.25, -0.2) is 0 Å². The maximum Gasteiger partial charge on any atom is 0.379 e. The lowest BCUT2D eigenvalue weighted by Crippen LogP contribution is -2.07. The molecule has 0 aliphatic carbocycles. The van der Waals surface area contributed by atoms with Gasteiger partial charge in [0.1, 0.15) is 0 Å². The first-order valence-electron chi connectivity index (χ1n) is 6.09. The molecule has 0 fully saturated rings. The van der Waals surface area contributed by atoms with Crippen molar-refractivity contribution in [1.82, 2.24) is 0 Å². The molecule has 2 aromatic rings. The standard InChI is InChI=1S/C14H15O5PS/c1-9-5-3-7-11(15)13(9)18-20(17,21)19-14-10(2)6-4-8-12(14)16/h3-8,15-16H,1-2H3,(H,17,21). The summed E-state index contributed by atoms with van der Waals surface area (Å²) in [5.74, 6) is -0.153. The molecule has 0 heterocycles. The molecule has 0 atom stereocenters. The van der Waals surface area contributed by atoms with E-state index in [-0.39, 0.29) is 23.0 Å². The van der Waals surface area contributed by atoms with Gasteiger partial charge < -0.3 is 22.5 Å². The van der Waals surface area contributed by atoms with Gasteiger partial charge in [-0.15, -0.1) is 0 Å². The molecule has 0 aliphatic heterocycles. The first-order valence-corrected chi connectivity index (χ1v) is 8.68. The zero-order chi connectivity index (χ0) is 15.6. The third-order valence-corrected chi connectivity index (χ3v) is 4.07. The van der Waals surface area contributed by atoms with Crippen molar-refractivity contribution in [1.29, 1.82) is 0 Å². The molecule has 21 heavy (non-hydrogen) atoms. The summed E-state index contributed by atoms with van der Waals surface area (Å²) in [7, 11) is -3.73. The summed E-state index contributed by atoms with van der Waals surface area (Å²) in [5, 5.41) is 19.5. The molecule has 0 amide bonds. The lowest BCUT2D eigenvalue weighted by molar-refractivity contribution is 0.346. The summed E-state index contributed by atoms with van der Waals surface area (Å²) >= 11 is 4.95. The molecule has 0 aromatic heterocycles. The predicted octanol–water partition coefficient (Wildman–Crippen LogP) is 3.39. The van der Waals surface area contributed by atoms with E-state index in [1.807, 2.05) is 0 Å². The van der Waals surface area contributed by atoms with Gasteiger partial charge in [-0.1, -0.05) is 24.3 Å². The number of phenolic OH excluding ortho intramolecular Hbond substituents is 2. The third kappa shape index (κ3) is 3.73. The molecule has 0 spiro atoms. The topological polar surface area (TPSA) is 79.2 Å². The van der Waals surface area contributed by atoms with E-state index in [0.717, 1.165) is 0 Å². The lowest BCUT2D eigenvalue weighted by Gasteiger charge is -2.24. The Kier molecular flexibility index (Phi) is 4.52. The number of hydrogen-bond acceptors (Lipinski definition) is 6. The number of hydrogen-bond donors (Lipinski definition) is 3. The van der Waals surface area contributed by atoms with Gasteiger partial charge in [0.05, 0.1) is 0 Å². The number of benzene rings is 2. The van der Waals surface area contributed by atoms with Crippen molar-refractivity contribution < 1.29 is 24.2 Å². The van der Waals surface area contributed by atoms with Crippen LogP contribution in [0.5, 0.6) is 23.0 Å². The molecule has 2 aromatic carbocycles. The fourth-order valence-corrected chi connectivity index (χ4v) is 3.18. The van der Waals surface area contributed by atoms with Crippen molar-refractivity contribution in [3.05, 3.63) is 47.5 Å². The minimum atomic E-state index is -3.73. The first kappa shape index (κ1) is 15.8. The van der Waals surface area contributed by atoms with E-state index in [4.69, 9.17) is 21.3 Å². The van der Waals surface area contributed by atoms with E-state index in [0.29, 0.717) is 11.1 Å². The van der Waals surface area contributed by atoms with Crippen LogP contribution in [0.1, 0.15) is 11.1 Å². The molecule has 112 valence electrons.